The van der Waals surface area contributed by atoms with Gasteiger partial charge in [0.05, 0.1) is 24.5 Å². The number of halogens is 1. The molecule has 34 heavy (non-hydrogen) atoms. The highest BCUT2D eigenvalue weighted by Gasteiger charge is 2.18. The zero-order chi connectivity index (χ0) is 24.1. The molecule has 0 fully saturated rings. The maximum atomic E-state index is 13.2. The van der Waals surface area contributed by atoms with Crippen LogP contribution in [0.25, 0.3) is 11.4 Å². The molecule has 0 radical (unpaired) electrons. The van der Waals surface area contributed by atoms with E-state index in [0.717, 1.165) is 15.8 Å². The minimum absolute atomic E-state index is 0.163. The number of hydrogen-bond donors (Lipinski definition) is 1. The predicted molar refractivity (Wildman–Crippen MR) is 128 cm³/mol. The van der Waals surface area contributed by atoms with Gasteiger partial charge in [-0.05, 0) is 42.0 Å². The highest BCUT2D eigenvalue weighted by molar-refractivity contribution is 6.30. The van der Waals surface area contributed by atoms with E-state index in [0.29, 0.717) is 5.02 Å². The van der Waals surface area contributed by atoms with E-state index in [9.17, 15) is 14.4 Å². The summed E-state index contributed by atoms with van der Waals surface area (Å²) in [6, 6.07) is 15.7. The molecule has 10 heteroatoms. The summed E-state index contributed by atoms with van der Waals surface area (Å²) < 4.78 is 9.01. The Kier molecular flexibility index (Phi) is 7.05. The van der Waals surface area contributed by atoms with Crippen LogP contribution >= 0.6 is 11.6 Å². The summed E-state index contributed by atoms with van der Waals surface area (Å²) in [6.45, 7) is 0.606. The molecule has 4 rings (SSSR count). The van der Waals surface area contributed by atoms with Gasteiger partial charge in [-0.3, -0.25) is 14.2 Å². The first kappa shape index (κ1) is 23.2. The first-order valence-electron chi connectivity index (χ1n) is 10.5. The summed E-state index contributed by atoms with van der Waals surface area (Å²) in [6.07, 6.45) is 4.79. The van der Waals surface area contributed by atoms with Gasteiger partial charge in [-0.1, -0.05) is 29.8 Å². The van der Waals surface area contributed by atoms with Crippen LogP contribution in [-0.2, 0) is 17.8 Å². The number of nitrogens with one attached hydrogen (secondary N) is 1. The number of hydrogen-bond acceptors (Lipinski definition) is 5. The molecule has 0 bridgehead atoms. The molecular weight excluding hydrogens is 458 g/mol. The first-order valence-corrected chi connectivity index (χ1v) is 10.8. The molecule has 0 saturated carbocycles. The van der Waals surface area contributed by atoms with Crippen molar-refractivity contribution in [2.45, 2.75) is 13.1 Å². The minimum atomic E-state index is -0.729. The fraction of sp³-hybridized carbons (Fsp3) is 0.167. The van der Waals surface area contributed by atoms with Crippen LogP contribution in [0.15, 0.2) is 82.8 Å². The standard InChI is InChI=1S/C24H22ClN5O4/c1-34-13-12-28-16-21(23(32)30(24(28)33)20-5-2-4-18(25)14-20)22(31)26-15-17-6-8-19(9-7-17)29-11-3-10-27-29/h2-11,14,16H,12-13,15H2,1H3,(H,26,31). The van der Waals surface area contributed by atoms with Crippen molar-refractivity contribution < 1.29 is 9.53 Å². The van der Waals surface area contributed by atoms with Crippen LogP contribution in [0.3, 0.4) is 0 Å². The Hall–Kier alpha value is -3.95. The van der Waals surface area contributed by atoms with Crippen LogP contribution in [0.4, 0.5) is 0 Å². The second-order valence-corrected chi connectivity index (χ2v) is 7.87. The number of methoxy groups -OCH3 is 1. The monoisotopic (exact) mass is 479 g/mol. The van der Waals surface area contributed by atoms with E-state index in [1.54, 1.807) is 29.1 Å². The second kappa shape index (κ2) is 10.3. The van der Waals surface area contributed by atoms with Crippen LogP contribution in [0, 0.1) is 0 Å². The third-order valence-electron chi connectivity index (χ3n) is 5.16. The molecule has 2 heterocycles. The molecule has 2 aromatic heterocycles. The number of nitrogens with zero attached hydrogens (tertiary/aromatic N) is 4. The number of carbonyl (C=O) groups is 1. The summed E-state index contributed by atoms with van der Waals surface area (Å²) in [5.41, 5.74) is 0.519. The van der Waals surface area contributed by atoms with Crippen LogP contribution in [-0.4, -0.2) is 38.5 Å². The van der Waals surface area contributed by atoms with E-state index in [4.69, 9.17) is 16.3 Å². The van der Waals surface area contributed by atoms with Gasteiger partial charge in [-0.15, -0.1) is 0 Å². The van der Waals surface area contributed by atoms with Crippen molar-refractivity contribution in [1.29, 1.82) is 0 Å². The highest BCUT2D eigenvalue weighted by atomic mass is 35.5. The number of rotatable bonds is 8. The fourth-order valence-corrected chi connectivity index (χ4v) is 3.60. The average molecular weight is 480 g/mol. The molecule has 0 unspecified atom stereocenters. The van der Waals surface area contributed by atoms with Crippen LogP contribution in [0.5, 0.6) is 0 Å². The lowest BCUT2D eigenvalue weighted by molar-refractivity contribution is 0.0947. The highest BCUT2D eigenvalue weighted by Crippen LogP contribution is 2.13. The van der Waals surface area contributed by atoms with Gasteiger partial charge in [0.25, 0.3) is 11.5 Å². The van der Waals surface area contributed by atoms with Gasteiger partial charge in [0.15, 0.2) is 0 Å². The van der Waals surface area contributed by atoms with Crippen molar-refractivity contribution in [1.82, 2.24) is 24.2 Å². The lowest BCUT2D eigenvalue weighted by atomic mass is 10.2. The smallest absolute Gasteiger partial charge is 0.335 e. The first-order chi connectivity index (χ1) is 16.5. The average Bonchev–Trinajstić information content (AvgIpc) is 3.38. The molecular formula is C24H22ClN5O4. The van der Waals surface area contributed by atoms with Crippen molar-refractivity contribution in [3.63, 3.8) is 0 Å². The number of benzene rings is 2. The molecule has 0 aliphatic rings. The van der Waals surface area contributed by atoms with Crippen molar-refractivity contribution in [2.75, 3.05) is 13.7 Å². The predicted octanol–water partition coefficient (Wildman–Crippen LogP) is 2.41. The van der Waals surface area contributed by atoms with Crippen LogP contribution in [0.2, 0.25) is 5.02 Å². The van der Waals surface area contributed by atoms with Crippen molar-refractivity contribution in [3.8, 4) is 11.4 Å². The van der Waals surface area contributed by atoms with Gasteiger partial charge in [-0.25, -0.2) is 14.0 Å². The Morgan fingerprint density at radius 1 is 1.09 bits per heavy atom. The Morgan fingerprint density at radius 3 is 2.56 bits per heavy atom. The lowest BCUT2D eigenvalue weighted by Crippen LogP contribution is -2.43. The topological polar surface area (TPSA) is 100 Å². The number of amides is 1. The van der Waals surface area contributed by atoms with Crippen molar-refractivity contribution >= 4 is 17.5 Å². The summed E-state index contributed by atoms with van der Waals surface area (Å²) in [5.74, 6) is -0.594. The molecule has 0 atom stereocenters. The number of ether oxygens (including phenoxy) is 1. The minimum Gasteiger partial charge on any atom is -0.383 e. The normalized spacial score (nSPS) is 10.9. The Balaban J connectivity index is 1.62. The SMILES string of the molecule is COCCn1cc(C(=O)NCc2ccc(-n3cccn3)cc2)c(=O)n(-c2cccc(Cl)c2)c1=O. The van der Waals surface area contributed by atoms with Crippen molar-refractivity contribution in [2.24, 2.45) is 0 Å². The van der Waals surface area contributed by atoms with Gasteiger partial charge < -0.3 is 10.1 Å². The largest absolute Gasteiger partial charge is 0.383 e. The van der Waals surface area contributed by atoms with Crippen LogP contribution < -0.4 is 16.6 Å². The van der Waals surface area contributed by atoms with Gasteiger partial charge in [0.2, 0.25) is 0 Å². The molecule has 1 amide bonds. The molecule has 4 aromatic rings. The quantitative estimate of drug-likeness (QED) is 0.418. The molecule has 2 aromatic carbocycles. The lowest BCUT2D eigenvalue weighted by Gasteiger charge is -2.13. The third kappa shape index (κ3) is 5.00. The number of carbonyl (C=O) groups excluding carboxylic acids is 1. The molecule has 0 spiro atoms. The molecule has 0 aliphatic heterocycles. The summed E-state index contributed by atoms with van der Waals surface area (Å²) in [5, 5.41) is 7.30. The van der Waals surface area contributed by atoms with E-state index < -0.39 is 17.2 Å². The Labute approximate surface area is 199 Å². The zero-order valence-electron chi connectivity index (χ0n) is 18.3. The molecule has 1 N–H and O–H groups in total. The van der Waals surface area contributed by atoms with E-state index in [1.165, 1.54) is 23.9 Å². The van der Waals surface area contributed by atoms with Crippen molar-refractivity contribution in [3.05, 3.63) is 110 Å². The maximum absolute atomic E-state index is 13.2. The van der Waals surface area contributed by atoms with Gasteiger partial charge in [-0.2, -0.15) is 5.10 Å². The van der Waals surface area contributed by atoms with Gasteiger partial charge in [0, 0.05) is 37.3 Å². The Bertz CT molecular complexity index is 1410. The van der Waals surface area contributed by atoms with E-state index in [2.05, 4.69) is 10.4 Å². The summed E-state index contributed by atoms with van der Waals surface area (Å²) in [7, 11) is 1.50. The maximum Gasteiger partial charge on any atom is 0.335 e. The summed E-state index contributed by atoms with van der Waals surface area (Å²) in [4.78, 5) is 39.1. The number of aromatic nitrogens is 4. The van der Waals surface area contributed by atoms with Gasteiger partial charge in [0.1, 0.15) is 5.56 Å². The third-order valence-corrected chi connectivity index (χ3v) is 5.40. The van der Waals surface area contributed by atoms with Crippen LogP contribution in [0.1, 0.15) is 15.9 Å². The van der Waals surface area contributed by atoms with E-state index in [-0.39, 0.29) is 30.9 Å². The van der Waals surface area contributed by atoms with E-state index >= 15 is 0 Å². The second-order valence-electron chi connectivity index (χ2n) is 7.43. The zero-order valence-corrected chi connectivity index (χ0v) is 19.1. The molecule has 174 valence electrons. The molecule has 0 aliphatic carbocycles. The van der Waals surface area contributed by atoms with Gasteiger partial charge >= 0.3 is 5.69 Å². The Morgan fingerprint density at radius 2 is 1.88 bits per heavy atom. The molecule has 0 saturated heterocycles. The fourth-order valence-electron chi connectivity index (χ4n) is 3.42. The molecule has 9 nitrogen and oxygen atoms in total. The van der Waals surface area contributed by atoms with E-state index in [1.807, 2.05) is 36.5 Å². The summed E-state index contributed by atoms with van der Waals surface area (Å²) >= 11 is 6.06.